The van der Waals surface area contributed by atoms with E-state index >= 15 is 0 Å². The van der Waals surface area contributed by atoms with Gasteiger partial charge in [-0.1, -0.05) is 160 Å². The van der Waals surface area contributed by atoms with Crippen molar-refractivity contribution in [1.82, 2.24) is 0 Å². The molecule has 0 amide bonds. The summed E-state index contributed by atoms with van der Waals surface area (Å²) in [5.41, 5.74) is 0. The maximum Gasteiger partial charge on any atom is 0.472 e. The van der Waals surface area contributed by atoms with Crippen LogP contribution in [0.15, 0.2) is 24.3 Å². The summed E-state index contributed by atoms with van der Waals surface area (Å²) in [5.74, 6) is -1.03. The van der Waals surface area contributed by atoms with Gasteiger partial charge in [-0.2, -0.15) is 0 Å². The number of allylic oxidation sites excluding steroid dienone is 4. The Morgan fingerprint density at radius 2 is 0.885 bits per heavy atom. The van der Waals surface area contributed by atoms with E-state index in [0.29, 0.717) is 12.8 Å². The van der Waals surface area contributed by atoms with Gasteiger partial charge < -0.3 is 24.6 Å². The van der Waals surface area contributed by atoms with E-state index in [1.54, 1.807) is 0 Å². The van der Waals surface area contributed by atoms with Crippen LogP contribution in [0.25, 0.3) is 0 Å². The fourth-order valence-electron chi connectivity index (χ4n) is 5.68. The van der Waals surface area contributed by atoms with Crippen molar-refractivity contribution in [2.24, 2.45) is 0 Å². The fraction of sp³-hybridized carbons (Fsp3) is 0.854. The molecule has 0 saturated heterocycles. The lowest BCUT2D eigenvalue weighted by molar-refractivity contribution is -0.153. The lowest BCUT2D eigenvalue weighted by Crippen LogP contribution is -2.28. The molecule has 0 rings (SSSR count). The predicted molar refractivity (Wildman–Crippen MR) is 210 cm³/mol. The van der Waals surface area contributed by atoms with Crippen LogP contribution in [0.4, 0.5) is 0 Å². The molecule has 0 aliphatic heterocycles. The molecule has 306 valence electrons. The van der Waals surface area contributed by atoms with E-state index in [1.165, 1.54) is 83.5 Å². The van der Waals surface area contributed by atoms with Crippen LogP contribution in [-0.2, 0) is 32.7 Å². The molecule has 0 radical (unpaired) electrons. The zero-order chi connectivity index (χ0) is 38.4. The first-order valence-corrected chi connectivity index (χ1v) is 22.3. The summed E-state index contributed by atoms with van der Waals surface area (Å²) in [4.78, 5) is 34.4. The van der Waals surface area contributed by atoms with E-state index in [4.69, 9.17) is 18.5 Å². The molecule has 10 nitrogen and oxygen atoms in total. The van der Waals surface area contributed by atoms with Crippen molar-refractivity contribution in [2.75, 3.05) is 26.4 Å². The molecular weight excluding hydrogens is 683 g/mol. The first-order valence-electron chi connectivity index (χ1n) is 20.8. The quantitative estimate of drug-likeness (QED) is 0.0239. The third kappa shape index (κ3) is 35.5. The van der Waals surface area contributed by atoms with Crippen LogP contribution in [0.5, 0.6) is 0 Å². The maximum atomic E-state index is 12.3. The molecule has 0 aliphatic rings. The number of aliphatic hydroxyl groups is 2. The minimum atomic E-state index is -4.63. The van der Waals surface area contributed by atoms with E-state index in [9.17, 15) is 29.3 Å². The largest absolute Gasteiger partial charge is 0.472 e. The second kappa shape index (κ2) is 37.8. The van der Waals surface area contributed by atoms with Crippen molar-refractivity contribution in [2.45, 2.75) is 199 Å². The summed E-state index contributed by atoms with van der Waals surface area (Å²) < 4.78 is 32.5. The van der Waals surface area contributed by atoms with E-state index in [1.807, 2.05) is 0 Å². The minimum Gasteiger partial charge on any atom is -0.457 e. The van der Waals surface area contributed by atoms with Crippen molar-refractivity contribution >= 4 is 19.8 Å². The van der Waals surface area contributed by atoms with Gasteiger partial charge in [-0.25, -0.2) is 4.57 Å². The van der Waals surface area contributed by atoms with Crippen LogP contribution in [-0.4, -0.2) is 65.7 Å². The SMILES string of the molecule is CCC/C=C\C/C=C\CCCCCCCC(=O)OC(CO)COP(=O)(O)OCC(CO)OC(=O)CCCCCCCCCCCCCCCCCC. The number of hydrogen-bond acceptors (Lipinski definition) is 9. The number of rotatable bonds is 39. The Bertz CT molecular complexity index is 925. The van der Waals surface area contributed by atoms with Crippen molar-refractivity contribution in [3.8, 4) is 0 Å². The Hall–Kier alpha value is -1.55. The van der Waals surface area contributed by atoms with Gasteiger partial charge in [0.25, 0.3) is 0 Å². The molecule has 0 fully saturated rings. The summed E-state index contributed by atoms with van der Waals surface area (Å²) in [6.45, 7) is 2.13. The molecule has 0 heterocycles. The monoisotopic (exact) mass is 761 g/mol. The van der Waals surface area contributed by atoms with Gasteiger partial charge in [0.2, 0.25) is 0 Å². The van der Waals surface area contributed by atoms with Crippen molar-refractivity contribution in [3.05, 3.63) is 24.3 Å². The van der Waals surface area contributed by atoms with Crippen LogP contribution >= 0.6 is 7.82 Å². The molecule has 0 aromatic rings. The van der Waals surface area contributed by atoms with Gasteiger partial charge in [0.15, 0.2) is 0 Å². The number of carbonyl (C=O) groups is 2. The number of hydrogen-bond donors (Lipinski definition) is 3. The van der Waals surface area contributed by atoms with E-state index < -0.39 is 58.4 Å². The number of carbonyl (C=O) groups excluding carboxylic acids is 2. The molecule has 3 unspecified atom stereocenters. The summed E-state index contributed by atoms with van der Waals surface area (Å²) in [6.07, 6.45) is 35.8. The van der Waals surface area contributed by atoms with Crippen molar-refractivity contribution < 1.29 is 47.8 Å². The molecule has 0 aliphatic carbocycles. The fourth-order valence-corrected chi connectivity index (χ4v) is 6.47. The molecule has 3 atom stereocenters. The standard InChI is InChI=1S/C41H77O10P/c1-3-5-7-9-11-13-15-17-18-19-21-23-25-27-29-31-33-41(45)51-39(35-43)37-49-52(46,47)48-36-38(34-42)50-40(44)32-30-28-26-24-22-20-16-14-12-10-8-6-4-2/h8,10,14,16,38-39,42-43H,3-7,9,11-13,15,17-37H2,1-2H3,(H,46,47)/b10-8-,16-14-. The molecule has 0 aromatic heterocycles. The molecule has 3 N–H and O–H groups in total. The molecule has 0 spiro atoms. The molecule has 11 heteroatoms. The number of phosphoric ester groups is 1. The van der Waals surface area contributed by atoms with Gasteiger partial charge in [0.05, 0.1) is 26.4 Å². The molecule has 0 saturated carbocycles. The van der Waals surface area contributed by atoms with E-state index in [2.05, 4.69) is 38.2 Å². The van der Waals surface area contributed by atoms with Crippen LogP contribution in [0.1, 0.15) is 187 Å². The van der Waals surface area contributed by atoms with Gasteiger partial charge in [0.1, 0.15) is 12.2 Å². The summed E-state index contributed by atoms with van der Waals surface area (Å²) in [6, 6.07) is 0. The molecule has 52 heavy (non-hydrogen) atoms. The highest BCUT2D eigenvalue weighted by molar-refractivity contribution is 7.47. The highest BCUT2D eigenvalue weighted by Crippen LogP contribution is 2.43. The summed E-state index contributed by atoms with van der Waals surface area (Å²) in [5, 5.41) is 19.1. The third-order valence-electron chi connectivity index (χ3n) is 8.90. The summed E-state index contributed by atoms with van der Waals surface area (Å²) >= 11 is 0. The topological polar surface area (TPSA) is 149 Å². The molecule has 0 aromatic carbocycles. The second-order valence-electron chi connectivity index (χ2n) is 14.0. The Kier molecular flexibility index (Phi) is 36.6. The average Bonchev–Trinajstić information content (AvgIpc) is 3.13. The second-order valence-corrected chi connectivity index (χ2v) is 15.4. The Morgan fingerprint density at radius 3 is 1.27 bits per heavy atom. The van der Waals surface area contributed by atoms with Crippen LogP contribution in [0, 0.1) is 0 Å². The molecule has 0 bridgehead atoms. The van der Waals surface area contributed by atoms with E-state index in [0.717, 1.165) is 64.2 Å². The Labute approximate surface area is 317 Å². The van der Waals surface area contributed by atoms with Crippen LogP contribution < -0.4 is 0 Å². The zero-order valence-electron chi connectivity index (χ0n) is 33.0. The third-order valence-corrected chi connectivity index (χ3v) is 9.85. The summed E-state index contributed by atoms with van der Waals surface area (Å²) in [7, 11) is -4.63. The molecular formula is C41H77O10P. The highest BCUT2D eigenvalue weighted by Gasteiger charge is 2.27. The lowest BCUT2D eigenvalue weighted by atomic mass is 10.0. The van der Waals surface area contributed by atoms with Crippen LogP contribution in [0.2, 0.25) is 0 Å². The predicted octanol–water partition coefficient (Wildman–Crippen LogP) is 10.6. The van der Waals surface area contributed by atoms with Gasteiger partial charge in [-0.05, 0) is 38.5 Å². The van der Waals surface area contributed by atoms with E-state index in [-0.39, 0.29) is 12.8 Å². The van der Waals surface area contributed by atoms with Gasteiger partial charge in [-0.3, -0.25) is 18.6 Å². The van der Waals surface area contributed by atoms with Gasteiger partial charge >= 0.3 is 19.8 Å². The number of unbranched alkanes of at least 4 members (excludes halogenated alkanes) is 21. The number of aliphatic hydroxyl groups excluding tert-OH is 2. The average molecular weight is 761 g/mol. The number of esters is 2. The smallest absolute Gasteiger partial charge is 0.457 e. The Morgan fingerprint density at radius 1 is 0.519 bits per heavy atom. The Balaban J connectivity index is 3.93. The van der Waals surface area contributed by atoms with Crippen molar-refractivity contribution in [1.29, 1.82) is 0 Å². The zero-order valence-corrected chi connectivity index (χ0v) is 33.9. The first kappa shape index (κ1) is 50.5. The maximum absolute atomic E-state index is 12.3. The normalized spacial score (nSPS) is 14.2. The minimum absolute atomic E-state index is 0.177. The lowest BCUT2D eigenvalue weighted by Gasteiger charge is -2.20. The van der Waals surface area contributed by atoms with Crippen molar-refractivity contribution in [3.63, 3.8) is 0 Å². The van der Waals surface area contributed by atoms with Crippen LogP contribution in [0.3, 0.4) is 0 Å². The number of ether oxygens (including phenoxy) is 2. The van der Waals surface area contributed by atoms with Gasteiger partial charge in [0, 0.05) is 12.8 Å². The first-order chi connectivity index (χ1) is 25.3. The highest BCUT2D eigenvalue weighted by atomic mass is 31.2. The number of phosphoric acid groups is 1. The van der Waals surface area contributed by atoms with Gasteiger partial charge in [-0.15, -0.1) is 0 Å².